The van der Waals surface area contributed by atoms with Crippen LogP contribution in [0, 0.1) is 0 Å². The zero-order valence-electron chi connectivity index (χ0n) is 10.3. The molecule has 0 fully saturated rings. The van der Waals surface area contributed by atoms with Gasteiger partial charge in [-0.25, -0.2) is 0 Å². The second kappa shape index (κ2) is 6.33. The monoisotopic (exact) mass is 387 g/mol. The summed E-state index contributed by atoms with van der Waals surface area (Å²) in [5.74, 6) is 0. The number of benzene rings is 1. The van der Waals surface area contributed by atoms with Crippen molar-refractivity contribution < 1.29 is 0 Å². The molecule has 1 aromatic carbocycles. The summed E-state index contributed by atoms with van der Waals surface area (Å²) >= 11 is 8.97. The molecule has 0 spiro atoms. The van der Waals surface area contributed by atoms with Gasteiger partial charge in [-0.05, 0) is 30.3 Å². The molecular formula is C14H15Br2NS. The van der Waals surface area contributed by atoms with Gasteiger partial charge < -0.3 is 5.32 Å². The lowest BCUT2D eigenvalue weighted by Crippen LogP contribution is -2.21. The van der Waals surface area contributed by atoms with Crippen LogP contribution in [0.5, 0.6) is 0 Å². The van der Waals surface area contributed by atoms with Crippen molar-refractivity contribution in [2.24, 2.45) is 0 Å². The standard InChI is InChI=1S/C14H15Br2NS/c1-9(2)17-8-11-4-6-14(18-11)12-7-10(15)3-5-13(12)16/h3-7,9,17H,8H2,1-2H3. The van der Waals surface area contributed by atoms with Crippen LogP contribution < -0.4 is 5.32 Å². The van der Waals surface area contributed by atoms with E-state index in [1.165, 1.54) is 15.3 Å². The first kappa shape index (κ1) is 14.3. The highest BCUT2D eigenvalue weighted by atomic mass is 79.9. The van der Waals surface area contributed by atoms with Crippen molar-refractivity contribution in [3.05, 3.63) is 44.2 Å². The average Bonchev–Trinajstić information content (AvgIpc) is 2.78. The highest BCUT2D eigenvalue weighted by molar-refractivity contribution is 9.11. The van der Waals surface area contributed by atoms with Crippen LogP contribution in [0.2, 0.25) is 0 Å². The van der Waals surface area contributed by atoms with E-state index in [0.29, 0.717) is 6.04 Å². The van der Waals surface area contributed by atoms with Crippen molar-refractivity contribution in [1.29, 1.82) is 0 Å². The Labute approximate surface area is 129 Å². The normalized spacial score (nSPS) is 11.2. The molecule has 4 heteroatoms. The third kappa shape index (κ3) is 3.67. The van der Waals surface area contributed by atoms with Crippen molar-refractivity contribution in [2.75, 3.05) is 0 Å². The number of rotatable bonds is 4. The maximum atomic E-state index is 3.61. The van der Waals surface area contributed by atoms with E-state index in [4.69, 9.17) is 0 Å². The van der Waals surface area contributed by atoms with Crippen LogP contribution in [-0.4, -0.2) is 6.04 Å². The fourth-order valence-corrected chi connectivity index (χ4v) is 3.55. The zero-order valence-corrected chi connectivity index (χ0v) is 14.3. The largest absolute Gasteiger partial charge is 0.310 e. The summed E-state index contributed by atoms with van der Waals surface area (Å²) in [6.45, 7) is 5.27. The lowest BCUT2D eigenvalue weighted by atomic mass is 10.2. The molecule has 18 heavy (non-hydrogen) atoms. The van der Waals surface area contributed by atoms with Crippen LogP contribution in [0.3, 0.4) is 0 Å². The molecule has 0 aliphatic rings. The third-order valence-corrected chi connectivity index (χ3v) is 4.84. The van der Waals surface area contributed by atoms with Crippen LogP contribution in [0.25, 0.3) is 10.4 Å². The first-order chi connectivity index (χ1) is 8.56. The van der Waals surface area contributed by atoms with E-state index in [0.717, 1.165) is 15.5 Å². The molecule has 0 amide bonds. The molecule has 2 aromatic rings. The molecule has 1 aromatic heterocycles. The van der Waals surface area contributed by atoms with Gasteiger partial charge in [-0.15, -0.1) is 11.3 Å². The van der Waals surface area contributed by atoms with Crippen LogP contribution in [0.4, 0.5) is 0 Å². The Morgan fingerprint density at radius 1 is 1.17 bits per heavy atom. The van der Waals surface area contributed by atoms with Crippen LogP contribution in [0.1, 0.15) is 18.7 Å². The van der Waals surface area contributed by atoms with Gasteiger partial charge in [0.15, 0.2) is 0 Å². The lowest BCUT2D eigenvalue weighted by molar-refractivity contribution is 0.593. The minimum atomic E-state index is 0.521. The highest BCUT2D eigenvalue weighted by Gasteiger charge is 2.07. The summed E-state index contributed by atoms with van der Waals surface area (Å²) in [5.41, 5.74) is 1.24. The average molecular weight is 389 g/mol. The van der Waals surface area contributed by atoms with Crippen LogP contribution >= 0.6 is 43.2 Å². The topological polar surface area (TPSA) is 12.0 Å². The summed E-state index contributed by atoms with van der Waals surface area (Å²) in [5, 5.41) is 3.44. The van der Waals surface area contributed by atoms with E-state index in [1.54, 1.807) is 0 Å². The lowest BCUT2D eigenvalue weighted by Gasteiger charge is -2.05. The van der Waals surface area contributed by atoms with E-state index in [1.807, 2.05) is 17.4 Å². The van der Waals surface area contributed by atoms with E-state index in [2.05, 4.69) is 75.3 Å². The Kier molecular flexibility index (Phi) is 5.01. The number of thiophene rings is 1. The van der Waals surface area contributed by atoms with Gasteiger partial charge in [0.05, 0.1) is 0 Å². The molecule has 0 atom stereocenters. The molecule has 0 saturated carbocycles. The van der Waals surface area contributed by atoms with Crippen molar-refractivity contribution in [1.82, 2.24) is 5.32 Å². The Bertz CT molecular complexity index is 534. The maximum absolute atomic E-state index is 3.61. The Hall–Kier alpha value is -0.160. The summed E-state index contributed by atoms with van der Waals surface area (Å²) in [6.07, 6.45) is 0. The molecule has 0 saturated heterocycles. The number of hydrogen-bond donors (Lipinski definition) is 1. The summed E-state index contributed by atoms with van der Waals surface area (Å²) < 4.78 is 2.24. The minimum Gasteiger partial charge on any atom is -0.310 e. The molecule has 1 nitrogen and oxygen atoms in total. The molecule has 96 valence electrons. The number of hydrogen-bond acceptors (Lipinski definition) is 2. The van der Waals surface area contributed by atoms with Gasteiger partial charge in [0.25, 0.3) is 0 Å². The van der Waals surface area contributed by atoms with Gasteiger partial charge in [0.2, 0.25) is 0 Å². The molecule has 2 rings (SSSR count). The zero-order chi connectivity index (χ0) is 13.1. The fraction of sp³-hybridized carbons (Fsp3) is 0.286. The van der Waals surface area contributed by atoms with E-state index in [9.17, 15) is 0 Å². The van der Waals surface area contributed by atoms with Gasteiger partial charge in [0, 0.05) is 36.8 Å². The fourth-order valence-electron chi connectivity index (χ4n) is 1.61. The summed E-state index contributed by atoms with van der Waals surface area (Å²) in [6, 6.07) is 11.2. The van der Waals surface area contributed by atoms with Crippen molar-refractivity contribution in [3.8, 4) is 10.4 Å². The Morgan fingerprint density at radius 3 is 2.67 bits per heavy atom. The highest BCUT2D eigenvalue weighted by Crippen LogP contribution is 2.35. The molecule has 0 unspecified atom stereocenters. The first-order valence-corrected chi connectivity index (χ1v) is 8.24. The molecule has 0 radical (unpaired) electrons. The van der Waals surface area contributed by atoms with Crippen molar-refractivity contribution >= 4 is 43.2 Å². The predicted molar refractivity (Wildman–Crippen MR) is 87.1 cm³/mol. The van der Waals surface area contributed by atoms with Gasteiger partial charge in [-0.1, -0.05) is 45.7 Å². The second-order valence-corrected chi connectivity index (χ2v) is 7.36. The van der Waals surface area contributed by atoms with Gasteiger partial charge in [-0.3, -0.25) is 0 Å². The Balaban J connectivity index is 2.21. The molecule has 0 aliphatic carbocycles. The number of halogens is 2. The van der Waals surface area contributed by atoms with E-state index >= 15 is 0 Å². The Morgan fingerprint density at radius 2 is 1.94 bits per heavy atom. The number of nitrogens with one attached hydrogen (secondary N) is 1. The molecule has 0 bridgehead atoms. The van der Waals surface area contributed by atoms with Crippen molar-refractivity contribution in [3.63, 3.8) is 0 Å². The summed E-state index contributed by atoms with van der Waals surface area (Å²) in [4.78, 5) is 2.66. The SMILES string of the molecule is CC(C)NCc1ccc(-c2cc(Br)ccc2Br)s1. The van der Waals surface area contributed by atoms with Gasteiger partial charge in [-0.2, -0.15) is 0 Å². The molecular weight excluding hydrogens is 374 g/mol. The maximum Gasteiger partial charge on any atom is 0.0357 e. The molecule has 1 N–H and O–H groups in total. The van der Waals surface area contributed by atoms with Crippen LogP contribution in [-0.2, 0) is 6.54 Å². The van der Waals surface area contributed by atoms with E-state index < -0.39 is 0 Å². The van der Waals surface area contributed by atoms with Crippen LogP contribution in [0.15, 0.2) is 39.3 Å². The molecule has 1 heterocycles. The molecule has 0 aliphatic heterocycles. The summed E-state index contributed by atoms with van der Waals surface area (Å²) in [7, 11) is 0. The smallest absolute Gasteiger partial charge is 0.0357 e. The quantitative estimate of drug-likeness (QED) is 0.735. The second-order valence-electron chi connectivity index (χ2n) is 4.43. The van der Waals surface area contributed by atoms with Gasteiger partial charge in [0.1, 0.15) is 0 Å². The van der Waals surface area contributed by atoms with E-state index in [-0.39, 0.29) is 0 Å². The first-order valence-electron chi connectivity index (χ1n) is 5.84. The predicted octanol–water partition coefficient (Wildman–Crippen LogP) is 5.44. The third-order valence-electron chi connectivity index (χ3n) is 2.54. The van der Waals surface area contributed by atoms with Crippen molar-refractivity contribution in [2.45, 2.75) is 26.4 Å². The van der Waals surface area contributed by atoms with Gasteiger partial charge >= 0.3 is 0 Å². The minimum absolute atomic E-state index is 0.521.